The number of nitrogen functional groups attached to an aromatic ring is 1. The molecule has 0 aliphatic carbocycles. The van der Waals surface area contributed by atoms with Crippen LogP contribution in [0.3, 0.4) is 0 Å². The molecule has 0 aliphatic rings. The summed E-state index contributed by atoms with van der Waals surface area (Å²) < 4.78 is 36.3. The fraction of sp³-hybridized carbons (Fsp3) is 0.0909. The summed E-state index contributed by atoms with van der Waals surface area (Å²) in [5.41, 5.74) is 8.07. The average molecular weight is 314 g/mol. The Bertz CT molecular complexity index is 756. The van der Waals surface area contributed by atoms with Gasteiger partial charge in [-0.2, -0.15) is 5.10 Å². The Morgan fingerprint density at radius 3 is 2.85 bits per heavy atom. The van der Waals surface area contributed by atoms with Gasteiger partial charge in [-0.1, -0.05) is 0 Å². The molecule has 1 heterocycles. The number of benzene rings is 1. The van der Waals surface area contributed by atoms with Gasteiger partial charge in [-0.3, -0.25) is 5.43 Å². The molecular weight excluding hydrogens is 303 g/mol. The summed E-state index contributed by atoms with van der Waals surface area (Å²) in [6.45, 7) is 0. The zero-order valence-electron chi connectivity index (χ0n) is 10.4. The normalized spacial score (nSPS) is 11.9. The van der Waals surface area contributed by atoms with Gasteiger partial charge in [0, 0.05) is 17.2 Å². The quantitative estimate of drug-likeness (QED) is 0.509. The van der Waals surface area contributed by atoms with E-state index in [1.165, 1.54) is 29.7 Å². The number of sulfone groups is 1. The first kappa shape index (κ1) is 14.4. The lowest BCUT2D eigenvalue weighted by Crippen LogP contribution is -2.00. The van der Waals surface area contributed by atoms with Crippen LogP contribution in [0.4, 0.5) is 15.3 Å². The van der Waals surface area contributed by atoms with Crippen molar-refractivity contribution in [2.45, 2.75) is 4.90 Å². The van der Waals surface area contributed by atoms with Gasteiger partial charge in [-0.25, -0.2) is 17.8 Å². The van der Waals surface area contributed by atoms with Gasteiger partial charge < -0.3 is 5.73 Å². The van der Waals surface area contributed by atoms with Crippen LogP contribution in [0.15, 0.2) is 33.6 Å². The van der Waals surface area contributed by atoms with Crippen molar-refractivity contribution in [1.82, 2.24) is 4.98 Å². The molecule has 1 aromatic carbocycles. The van der Waals surface area contributed by atoms with Crippen molar-refractivity contribution < 1.29 is 12.8 Å². The fourth-order valence-corrected chi connectivity index (χ4v) is 2.55. The van der Waals surface area contributed by atoms with Crippen LogP contribution in [0, 0.1) is 5.82 Å². The minimum Gasteiger partial charge on any atom is -0.383 e. The molecule has 6 nitrogen and oxygen atoms in total. The zero-order chi connectivity index (χ0) is 14.8. The molecular formula is C11H11FN4O2S2. The second-order valence-electron chi connectivity index (χ2n) is 3.90. The molecule has 9 heteroatoms. The van der Waals surface area contributed by atoms with Crippen LogP contribution in [0.2, 0.25) is 0 Å². The Labute approximate surface area is 119 Å². The molecule has 0 saturated carbocycles. The van der Waals surface area contributed by atoms with E-state index in [2.05, 4.69) is 15.5 Å². The number of nitrogens with two attached hydrogens (primary N) is 1. The molecule has 0 unspecified atom stereocenters. The standard InChI is InChI=1S/C11H11FN4O2S2/c1-20(17,18)8-2-3-9(12)7(4-8)5-14-16-11-15-10(13)6-19-11/h2-6H,13H2,1H3,(H,15,16). The summed E-state index contributed by atoms with van der Waals surface area (Å²) in [5.74, 6) is -0.209. The molecule has 0 atom stereocenters. The molecule has 2 aromatic rings. The molecule has 0 aliphatic heterocycles. The van der Waals surface area contributed by atoms with E-state index in [1.54, 1.807) is 5.38 Å². The molecule has 0 radical (unpaired) electrons. The van der Waals surface area contributed by atoms with Gasteiger partial charge in [0.2, 0.25) is 5.13 Å². The van der Waals surface area contributed by atoms with E-state index in [1.807, 2.05) is 0 Å². The van der Waals surface area contributed by atoms with E-state index in [9.17, 15) is 12.8 Å². The van der Waals surface area contributed by atoms with Gasteiger partial charge >= 0.3 is 0 Å². The number of rotatable bonds is 4. The van der Waals surface area contributed by atoms with Crippen LogP contribution in [0.25, 0.3) is 0 Å². The van der Waals surface area contributed by atoms with Gasteiger partial charge in [0.05, 0.1) is 11.1 Å². The predicted molar refractivity (Wildman–Crippen MR) is 77.3 cm³/mol. The predicted octanol–water partition coefficient (Wildman–Crippen LogP) is 1.71. The Morgan fingerprint density at radius 1 is 1.50 bits per heavy atom. The molecule has 0 spiro atoms. The Hall–Kier alpha value is -2.00. The number of hydrogen-bond donors (Lipinski definition) is 2. The lowest BCUT2D eigenvalue weighted by atomic mass is 10.2. The molecule has 106 valence electrons. The number of aromatic nitrogens is 1. The monoisotopic (exact) mass is 314 g/mol. The maximum absolute atomic E-state index is 13.5. The van der Waals surface area contributed by atoms with Crippen LogP contribution in [-0.2, 0) is 9.84 Å². The van der Waals surface area contributed by atoms with Crippen molar-refractivity contribution >= 4 is 38.3 Å². The van der Waals surface area contributed by atoms with Crippen molar-refractivity contribution in [2.24, 2.45) is 5.10 Å². The van der Waals surface area contributed by atoms with Crippen LogP contribution in [0.1, 0.15) is 5.56 Å². The average Bonchev–Trinajstić information content (AvgIpc) is 2.76. The lowest BCUT2D eigenvalue weighted by Gasteiger charge is -2.01. The van der Waals surface area contributed by atoms with Gasteiger partial charge in [-0.15, -0.1) is 11.3 Å². The Morgan fingerprint density at radius 2 is 2.25 bits per heavy atom. The smallest absolute Gasteiger partial charge is 0.205 e. The number of hydrazone groups is 1. The zero-order valence-corrected chi connectivity index (χ0v) is 12.0. The second-order valence-corrected chi connectivity index (χ2v) is 6.78. The highest BCUT2D eigenvalue weighted by Crippen LogP contribution is 2.17. The highest BCUT2D eigenvalue weighted by atomic mass is 32.2. The maximum Gasteiger partial charge on any atom is 0.205 e. The van der Waals surface area contributed by atoms with Crippen LogP contribution >= 0.6 is 11.3 Å². The van der Waals surface area contributed by atoms with E-state index in [4.69, 9.17) is 5.73 Å². The van der Waals surface area contributed by atoms with Gasteiger partial charge in [-0.05, 0) is 18.2 Å². The second kappa shape index (κ2) is 5.55. The number of nitrogens with zero attached hydrogens (tertiary/aromatic N) is 2. The third kappa shape index (κ3) is 3.52. The minimum atomic E-state index is -3.39. The van der Waals surface area contributed by atoms with Gasteiger partial charge in [0.25, 0.3) is 0 Å². The topological polar surface area (TPSA) is 97.4 Å². The summed E-state index contributed by atoms with van der Waals surface area (Å²) in [6.07, 6.45) is 2.24. The largest absolute Gasteiger partial charge is 0.383 e. The van der Waals surface area contributed by atoms with Gasteiger partial charge in [0.1, 0.15) is 11.6 Å². The first-order chi connectivity index (χ1) is 9.36. The highest BCUT2D eigenvalue weighted by Gasteiger charge is 2.10. The molecule has 20 heavy (non-hydrogen) atoms. The van der Waals surface area contributed by atoms with E-state index >= 15 is 0 Å². The molecule has 3 N–H and O–H groups in total. The Balaban J connectivity index is 2.20. The van der Waals surface area contributed by atoms with Crippen molar-refractivity contribution in [3.8, 4) is 0 Å². The van der Waals surface area contributed by atoms with E-state index in [-0.39, 0.29) is 10.5 Å². The summed E-state index contributed by atoms with van der Waals surface area (Å²) >= 11 is 1.25. The first-order valence-corrected chi connectivity index (χ1v) is 8.13. The molecule has 0 amide bonds. The Kier molecular flexibility index (Phi) is 4.00. The van der Waals surface area contributed by atoms with Crippen LogP contribution < -0.4 is 11.2 Å². The fourth-order valence-electron chi connectivity index (χ4n) is 1.35. The van der Waals surface area contributed by atoms with Crippen molar-refractivity contribution in [3.05, 3.63) is 35.0 Å². The van der Waals surface area contributed by atoms with Gasteiger partial charge in [0.15, 0.2) is 9.84 Å². The maximum atomic E-state index is 13.5. The highest BCUT2D eigenvalue weighted by molar-refractivity contribution is 7.90. The van der Waals surface area contributed by atoms with Crippen LogP contribution in [0.5, 0.6) is 0 Å². The number of thiazole rings is 1. The third-order valence-corrected chi connectivity index (χ3v) is 4.16. The molecule has 1 aromatic heterocycles. The SMILES string of the molecule is CS(=O)(=O)c1ccc(F)c(C=NNc2nc(N)cs2)c1. The summed E-state index contributed by atoms with van der Waals surface area (Å²) in [4.78, 5) is 3.93. The molecule has 0 fully saturated rings. The minimum absolute atomic E-state index is 0.0267. The van der Waals surface area contributed by atoms with Crippen molar-refractivity contribution in [2.75, 3.05) is 17.4 Å². The number of anilines is 2. The van der Waals surface area contributed by atoms with Crippen LogP contribution in [-0.4, -0.2) is 25.9 Å². The van der Waals surface area contributed by atoms with E-state index < -0.39 is 15.7 Å². The summed E-state index contributed by atoms with van der Waals surface area (Å²) in [5, 5.41) is 5.88. The number of hydrogen-bond acceptors (Lipinski definition) is 7. The van der Waals surface area contributed by atoms with Crippen molar-refractivity contribution in [3.63, 3.8) is 0 Å². The van der Waals surface area contributed by atoms with E-state index in [0.29, 0.717) is 10.9 Å². The van der Waals surface area contributed by atoms with E-state index in [0.717, 1.165) is 12.3 Å². The molecule has 0 saturated heterocycles. The number of halogens is 1. The lowest BCUT2D eigenvalue weighted by molar-refractivity contribution is 0.600. The number of nitrogens with one attached hydrogen (secondary N) is 1. The first-order valence-electron chi connectivity index (χ1n) is 5.36. The molecule has 2 rings (SSSR count). The summed E-state index contributed by atoms with van der Waals surface area (Å²) in [7, 11) is -3.39. The summed E-state index contributed by atoms with van der Waals surface area (Å²) in [6, 6.07) is 3.50. The third-order valence-electron chi connectivity index (χ3n) is 2.28. The van der Waals surface area contributed by atoms with Crippen molar-refractivity contribution in [1.29, 1.82) is 0 Å². The molecule has 0 bridgehead atoms.